The van der Waals surface area contributed by atoms with Crippen molar-refractivity contribution in [3.8, 4) is 0 Å². The average Bonchev–Trinajstić information content (AvgIpc) is 3.09. The zero-order chi connectivity index (χ0) is 18.6. The molecule has 0 amide bonds. The van der Waals surface area contributed by atoms with Crippen LogP contribution in [0.2, 0.25) is 13.1 Å². The summed E-state index contributed by atoms with van der Waals surface area (Å²) in [6, 6.07) is 13.9. The quantitative estimate of drug-likeness (QED) is 0.400. The molecule has 0 fully saturated rings. The van der Waals surface area contributed by atoms with Crippen molar-refractivity contribution in [1.82, 2.24) is 0 Å². The van der Waals surface area contributed by atoms with Gasteiger partial charge in [0, 0.05) is 0 Å². The predicted octanol–water partition coefficient (Wildman–Crippen LogP) is 7.63. The Balaban J connectivity index is 0.00000140. The molecule has 0 nitrogen and oxygen atoms in total. The van der Waals surface area contributed by atoms with E-state index in [2.05, 4.69) is 89.3 Å². The second kappa shape index (κ2) is 9.06. The topological polar surface area (TPSA) is 0 Å². The van der Waals surface area contributed by atoms with Gasteiger partial charge in [-0.3, -0.25) is 0 Å². The Morgan fingerprint density at radius 2 is 1.07 bits per heavy atom. The first-order valence-corrected chi connectivity index (χ1v) is 16.3. The van der Waals surface area contributed by atoms with Gasteiger partial charge in [-0.1, -0.05) is 0 Å². The van der Waals surface area contributed by atoms with Gasteiger partial charge in [-0.15, -0.1) is 24.8 Å². The van der Waals surface area contributed by atoms with Crippen LogP contribution in [0.25, 0.3) is 12.2 Å². The first-order chi connectivity index (χ1) is 12.4. The van der Waals surface area contributed by atoms with Crippen molar-refractivity contribution < 1.29 is 16.6 Å². The summed E-state index contributed by atoms with van der Waals surface area (Å²) in [7, 11) is 0. The molecule has 0 saturated carbocycles. The molecule has 4 rings (SSSR count). The summed E-state index contributed by atoms with van der Waals surface area (Å²) < 4.78 is 1.46. The van der Waals surface area contributed by atoms with Gasteiger partial charge < -0.3 is 0 Å². The van der Waals surface area contributed by atoms with E-state index in [4.69, 9.17) is 0 Å². The molecule has 0 aromatic heterocycles. The number of allylic oxidation sites excluding steroid dienone is 2. The third-order valence-corrected chi connectivity index (χ3v) is 19.5. The van der Waals surface area contributed by atoms with Gasteiger partial charge in [0.25, 0.3) is 0 Å². The van der Waals surface area contributed by atoms with Gasteiger partial charge >= 0.3 is 165 Å². The molecular weight excluding hydrogens is 435 g/mol. The summed E-state index contributed by atoms with van der Waals surface area (Å²) >= 11 is -1.43. The summed E-state index contributed by atoms with van der Waals surface area (Å²) in [5, 5.41) is 0. The van der Waals surface area contributed by atoms with Gasteiger partial charge in [-0.25, -0.2) is 0 Å². The SMILES string of the molecule is CC1=Cc2c(C)cccc2[CH]1[Ti]([CH]1C(C)=Cc2c(C)cccc21)=[Si](C)C.Cl.Cl. The van der Waals surface area contributed by atoms with Crippen molar-refractivity contribution in [3.05, 3.63) is 80.9 Å². The van der Waals surface area contributed by atoms with E-state index in [9.17, 15) is 0 Å². The van der Waals surface area contributed by atoms with E-state index in [1.165, 1.54) is 22.3 Å². The monoisotopic (exact) mass is 464 g/mol. The normalized spacial score (nSPS) is 18.9. The minimum absolute atomic E-state index is 0. The Labute approximate surface area is 189 Å². The molecule has 2 unspecified atom stereocenters. The van der Waals surface area contributed by atoms with Crippen molar-refractivity contribution in [3.63, 3.8) is 0 Å². The maximum atomic E-state index is 2.59. The van der Waals surface area contributed by atoms with Crippen LogP contribution in [0.3, 0.4) is 0 Å². The molecule has 0 radical (unpaired) electrons. The van der Waals surface area contributed by atoms with E-state index in [1.807, 2.05) is 0 Å². The van der Waals surface area contributed by atoms with Crippen molar-refractivity contribution >= 4 is 43.2 Å². The molecule has 4 heteroatoms. The van der Waals surface area contributed by atoms with Crippen molar-refractivity contribution in [2.24, 2.45) is 0 Å². The third kappa shape index (κ3) is 3.77. The molecule has 0 heterocycles. The summed E-state index contributed by atoms with van der Waals surface area (Å²) in [5.74, 6) is 0. The zero-order valence-corrected chi connectivity index (χ0v) is 21.8. The molecule has 0 spiro atoms. The molecule has 0 N–H and O–H groups in total. The van der Waals surface area contributed by atoms with Gasteiger partial charge in [0.05, 0.1) is 0 Å². The second-order valence-electron chi connectivity index (χ2n) is 8.25. The van der Waals surface area contributed by atoms with Crippen LogP contribution >= 0.6 is 24.8 Å². The van der Waals surface area contributed by atoms with Crippen molar-refractivity contribution in [2.75, 3.05) is 0 Å². The fraction of sp³-hybridized carbons (Fsp3) is 0.333. The summed E-state index contributed by atoms with van der Waals surface area (Å²) in [6.07, 6.45) is 4.67. The maximum absolute atomic E-state index is 2.59. The molecular formula is C24H30Cl2SiTi. The number of fused-ring (bicyclic) bond motifs is 2. The molecule has 0 bridgehead atoms. The first-order valence-electron chi connectivity index (χ1n) is 9.62. The maximum Gasteiger partial charge on any atom is -0.147 e. The molecule has 0 saturated heterocycles. The van der Waals surface area contributed by atoms with Crippen molar-refractivity contribution in [2.45, 2.75) is 49.2 Å². The molecule has 2 aromatic rings. The van der Waals surface area contributed by atoms with Gasteiger partial charge in [-0.05, 0) is 0 Å². The number of halogens is 2. The minimum Gasteiger partial charge on any atom is -0.147 e. The number of benzene rings is 2. The zero-order valence-electron chi connectivity index (χ0n) is 17.6. The Kier molecular flexibility index (Phi) is 7.67. The molecule has 2 aliphatic rings. The van der Waals surface area contributed by atoms with Crippen LogP contribution in [0.4, 0.5) is 0 Å². The molecule has 28 heavy (non-hydrogen) atoms. The Morgan fingerprint density at radius 1 is 0.679 bits per heavy atom. The number of hydrogen-bond acceptors (Lipinski definition) is 0. The van der Waals surface area contributed by atoms with Gasteiger partial charge in [-0.2, -0.15) is 0 Å². The number of rotatable bonds is 2. The van der Waals surface area contributed by atoms with Crippen LogP contribution in [-0.4, -0.2) is 6.19 Å². The Hall–Kier alpha value is -0.569. The van der Waals surface area contributed by atoms with Crippen molar-refractivity contribution in [1.29, 1.82) is 0 Å². The smallest absolute Gasteiger partial charge is 0.147 e. The molecule has 0 aliphatic heterocycles. The largest absolute Gasteiger partial charge is 0.147 e. The first kappa shape index (κ1) is 23.7. The summed E-state index contributed by atoms with van der Waals surface area (Å²) in [6.45, 7) is 14.5. The van der Waals surface area contributed by atoms with E-state index in [0.717, 1.165) is 8.45 Å². The van der Waals surface area contributed by atoms with Crippen LogP contribution in [0.15, 0.2) is 47.5 Å². The molecule has 2 aliphatic carbocycles. The van der Waals surface area contributed by atoms with Crippen LogP contribution < -0.4 is 0 Å². The van der Waals surface area contributed by atoms with Crippen LogP contribution in [0.1, 0.15) is 55.7 Å². The predicted molar refractivity (Wildman–Crippen MR) is 127 cm³/mol. The Bertz CT molecular complexity index is 938. The molecule has 2 aromatic carbocycles. The fourth-order valence-corrected chi connectivity index (χ4v) is 18.9. The molecule has 2 atom stereocenters. The van der Waals surface area contributed by atoms with Crippen LogP contribution in [-0.2, 0) is 16.6 Å². The standard InChI is InChI=1S/2C11H11.C2H6Si.2ClH.Ti/c2*1-8-6-10-5-3-4-9(2)11(10)7-8;1-3-2;;;/h2*3-7H,1-2H3;1-2H3;2*1H;. The second-order valence-corrected chi connectivity index (χ2v) is 20.5. The summed E-state index contributed by atoms with van der Waals surface area (Å²) in [5.41, 5.74) is 12.5. The van der Waals surface area contributed by atoms with Crippen LogP contribution in [0.5, 0.6) is 0 Å². The molecule has 148 valence electrons. The van der Waals surface area contributed by atoms with Gasteiger partial charge in [0.1, 0.15) is 0 Å². The summed E-state index contributed by atoms with van der Waals surface area (Å²) in [4.78, 5) is 0. The number of aryl methyl sites for hydroxylation is 2. The van der Waals surface area contributed by atoms with E-state index in [1.54, 1.807) is 22.3 Å². The van der Waals surface area contributed by atoms with E-state index in [0.29, 0.717) is 0 Å². The van der Waals surface area contributed by atoms with E-state index in [-0.39, 0.29) is 31.0 Å². The van der Waals surface area contributed by atoms with Crippen LogP contribution in [0, 0.1) is 13.8 Å². The van der Waals surface area contributed by atoms with E-state index >= 15 is 0 Å². The Morgan fingerprint density at radius 3 is 1.43 bits per heavy atom. The third-order valence-electron chi connectivity index (χ3n) is 6.19. The average molecular weight is 465 g/mol. The van der Waals surface area contributed by atoms with Gasteiger partial charge in [0.15, 0.2) is 0 Å². The minimum atomic E-state index is -1.43. The van der Waals surface area contributed by atoms with E-state index < -0.39 is 16.6 Å². The van der Waals surface area contributed by atoms with Gasteiger partial charge in [0.2, 0.25) is 0 Å². The number of hydrogen-bond donors (Lipinski definition) is 0. The fourth-order valence-electron chi connectivity index (χ4n) is 4.99.